The summed E-state index contributed by atoms with van der Waals surface area (Å²) in [6, 6.07) is 0.223. The van der Waals surface area contributed by atoms with Crippen molar-refractivity contribution in [2.24, 2.45) is 0 Å². The Morgan fingerprint density at radius 2 is 1.94 bits per heavy atom. The Hall–Kier alpha value is 0.220. The summed E-state index contributed by atoms with van der Waals surface area (Å²) in [4.78, 5) is 0. The molecule has 0 spiro atoms. The van der Waals surface area contributed by atoms with E-state index in [2.05, 4.69) is 5.32 Å². The van der Waals surface area contributed by atoms with Crippen LogP contribution in [0.3, 0.4) is 0 Å². The molecule has 2 heterocycles. The van der Waals surface area contributed by atoms with Crippen molar-refractivity contribution in [1.29, 1.82) is 0 Å². The number of hydrogen-bond donors (Lipinski definition) is 1. The first kappa shape index (κ1) is 13.6. The van der Waals surface area contributed by atoms with E-state index < -0.39 is 14.8 Å². The summed E-state index contributed by atoms with van der Waals surface area (Å²) in [5.41, 5.74) is 0. The van der Waals surface area contributed by atoms with Crippen molar-refractivity contribution in [3.05, 3.63) is 0 Å². The Labute approximate surface area is 109 Å². The maximum Gasteiger partial charge on any atom is 0.220 e. The van der Waals surface area contributed by atoms with E-state index in [0.717, 1.165) is 30.9 Å². The van der Waals surface area contributed by atoms with Gasteiger partial charge < -0.3 is 5.32 Å². The zero-order chi connectivity index (χ0) is 12.5. The Kier molecular flexibility index (Phi) is 4.07. The number of sulfonamides is 1. The largest absolute Gasteiger partial charge is 0.314 e. The molecule has 2 fully saturated rings. The van der Waals surface area contributed by atoms with Crippen molar-refractivity contribution in [3.63, 3.8) is 0 Å². The molecule has 6 heteroatoms. The number of hydrogen-bond acceptors (Lipinski definition) is 4. The zero-order valence-corrected chi connectivity index (χ0v) is 12.2. The van der Waals surface area contributed by atoms with Crippen LogP contribution in [0.1, 0.15) is 26.7 Å². The molecular formula is C11H22N2O2S2. The van der Waals surface area contributed by atoms with Gasteiger partial charge >= 0.3 is 0 Å². The van der Waals surface area contributed by atoms with Gasteiger partial charge in [0.05, 0.1) is 4.75 Å². The summed E-state index contributed by atoms with van der Waals surface area (Å²) >= 11 is 1.93. The number of rotatable bonds is 1. The fraction of sp³-hybridized carbons (Fsp3) is 1.00. The van der Waals surface area contributed by atoms with E-state index in [-0.39, 0.29) is 6.04 Å². The van der Waals surface area contributed by atoms with Crippen LogP contribution in [-0.4, -0.2) is 54.7 Å². The Balaban J connectivity index is 2.24. The van der Waals surface area contributed by atoms with Crippen LogP contribution < -0.4 is 5.32 Å². The molecule has 2 saturated heterocycles. The summed E-state index contributed by atoms with van der Waals surface area (Å²) in [6.45, 7) is 5.59. The number of nitrogens with zero attached hydrogens (tertiary/aromatic N) is 1. The first-order valence-electron chi connectivity index (χ1n) is 6.25. The van der Waals surface area contributed by atoms with Crippen molar-refractivity contribution in [3.8, 4) is 0 Å². The van der Waals surface area contributed by atoms with Crippen LogP contribution in [0, 0.1) is 0 Å². The maximum atomic E-state index is 12.6. The summed E-state index contributed by atoms with van der Waals surface area (Å²) in [5.74, 6) is 2.18. The molecule has 100 valence electrons. The molecule has 0 aromatic rings. The van der Waals surface area contributed by atoms with E-state index in [1.54, 1.807) is 4.31 Å². The summed E-state index contributed by atoms with van der Waals surface area (Å²) < 4.78 is 26.4. The third-order valence-electron chi connectivity index (χ3n) is 3.66. The molecule has 0 aliphatic carbocycles. The molecule has 0 aromatic heterocycles. The standard InChI is InChI=1S/C11H22N2O2S2/c1-11(2)9-12-5-6-13(17(11,14)15)10-3-7-16-8-4-10/h10,12H,3-9H2,1-2H3. The second-order valence-corrected chi connectivity index (χ2v) is 9.14. The average molecular weight is 278 g/mol. The van der Waals surface area contributed by atoms with Gasteiger partial charge in [0.1, 0.15) is 0 Å². The van der Waals surface area contributed by atoms with Gasteiger partial charge in [-0.2, -0.15) is 16.1 Å². The van der Waals surface area contributed by atoms with Crippen molar-refractivity contribution in [2.75, 3.05) is 31.1 Å². The van der Waals surface area contributed by atoms with Crippen LogP contribution in [0.15, 0.2) is 0 Å². The molecule has 0 radical (unpaired) electrons. The molecule has 2 aliphatic heterocycles. The average Bonchev–Trinajstić information content (AvgIpc) is 2.38. The lowest BCUT2D eigenvalue weighted by molar-refractivity contribution is 0.305. The minimum atomic E-state index is -3.18. The first-order valence-corrected chi connectivity index (χ1v) is 8.84. The van der Waals surface area contributed by atoms with E-state index in [4.69, 9.17) is 0 Å². The molecular weight excluding hydrogens is 256 g/mol. The van der Waals surface area contributed by atoms with Crippen molar-refractivity contribution < 1.29 is 8.42 Å². The van der Waals surface area contributed by atoms with E-state index >= 15 is 0 Å². The Morgan fingerprint density at radius 3 is 2.59 bits per heavy atom. The third kappa shape index (κ3) is 2.64. The van der Waals surface area contributed by atoms with Crippen molar-refractivity contribution >= 4 is 21.8 Å². The van der Waals surface area contributed by atoms with Gasteiger partial charge in [-0.3, -0.25) is 0 Å². The molecule has 0 atom stereocenters. The molecule has 2 rings (SSSR count). The van der Waals surface area contributed by atoms with Crippen LogP contribution in [0.5, 0.6) is 0 Å². The SMILES string of the molecule is CC1(C)CNCCN(C2CCSCC2)S1(=O)=O. The predicted octanol–water partition coefficient (Wildman–Crippen LogP) is 0.896. The lowest BCUT2D eigenvalue weighted by Crippen LogP contribution is -2.50. The molecule has 1 N–H and O–H groups in total. The first-order chi connectivity index (χ1) is 7.95. The number of thioether (sulfide) groups is 1. The smallest absolute Gasteiger partial charge is 0.220 e. The van der Waals surface area contributed by atoms with Gasteiger partial charge in [0, 0.05) is 25.7 Å². The highest BCUT2D eigenvalue weighted by Gasteiger charge is 2.43. The molecule has 0 aromatic carbocycles. The van der Waals surface area contributed by atoms with Gasteiger partial charge in [0.2, 0.25) is 10.0 Å². The summed E-state index contributed by atoms with van der Waals surface area (Å²) in [5, 5.41) is 3.24. The maximum absolute atomic E-state index is 12.6. The second kappa shape index (κ2) is 5.07. The second-order valence-electron chi connectivity index (χ2n) is 5.40. The number of nitrogens with one attached hydrogen (secondary N) is 1. The summed E-state index contributed by atoms with van der Waals surface area (Å²) in [6.07, 6.45) is 2.00. The van der Waals surface area contributed by atoms with Crippen LogP contribution in [-0.2, 0) is 10.0 Å². The monoisotopic (exact) mass is 278 g/mol. The van der Waals surface area contributed by atoms with E-state index in [0.29, 0.717) is 13.1 Å². The minimum Gasteiger partial charge on any atom is -0.314 e. The van der Waals surface area contributed by atoms with E-state index in [9.17, 15) is 8.42 Å². The van der Waals surface area contributed by atoms with E-state index in [1.807, 2.05) is 25.6 Å². The molecule has 0 saturated carbocycles. The van der Waals surface area contributed by atoms with Crippen LogP contribution in [0.4, 0.5) is 0 Å². The van der Waals surface area contributed by atoms with Crippen LogP contribution >= 0.6 is 11.8 Å². The quantitative estimate of drug-likeness (QED) is 0.774. The minimum absolute atomic E-state index is 0.223. The van der Waals surface area contributed by atoms with Gasteiger partial charge in [0.15, 0.2) is 0 Å². The highest BCUT2D eigenvalue weighted by Crippen LogP contribution is 2.29. The van der Waals surface area contributed by atoms with Gasteiger partial charge in [0.25, 0.3) is 0 Å². The zero-order valence-electron chi connectivity index (χ0n) is 10.6. The topological polar surface area (TPSA) is 49.4 Å². The lowest BCUT2D eigenvalue weighted by Gasteiger charge is -2.36. The van der Waals surface area contributed by atoms with E-state index in [1.165, 1.54) is 0 Å². The Bertz CT molecular complexity index is 362. The van der Waals surface area contributed by atoms with Gasteiger partial charge in [-0.1, -0.05) is 0 Å². The Morgan fingerprint density at radius 1 is 1.29 bits per heavy atom. The van der Waals surface area contributed by atoms with Gasteiger partial charge in [-0.05, 0) is 38.2 Å². The van der Waals surface area contributed by atoms with Gasteiger partial charge in [-0.25, -0.2) is 8.42 Å². The predicted molar refractivity (Wildman–Crippen MR) is 72.9 cm³/mol. The molecule has 4 nitrogen and oxygen atoms in total. The van der Waals surface area contributed by atoms with Crippen LogP contribution in [0.2, 0.25) is 0 Å². The summed E-state index contributed by atoms with van der Waals surface area (Å²) in [7, 11) is -3.18. The third-order valence-corrected chi connectivity index (χ3v) is 7.35. The van der Waals surface area contributed by atoms with Gasteiger partial charge in [-0.15, -0.1) is 0 Å². The lowest BCUT2D eigenvalue weighted by atomic mass is 10.1. The fourth-order valence-electron chi connectivity index (χ4n) is 2.46. The molecule has 0 unspecified atom stereocenters. The highest BCUT2D eigenvalue weighted by molar-refractivity contribution is 7.99. The van der Waals surface area contributed by atoms with Crippen LogP contribution in [0.25, 0.3) is 0 Å². The highest BCUT2D eigenvalue weighted by atomic mass is 32.2. The molecule has 0 amide bonds. The molecule has 0 bridgehead atoms. The van der Waals surface area contributed by atoms with Crippen molar-refractivity contribution in [1.82, 2.24) is 9.62 Å². The van der Waals surface area contributed by atoms with Crippen molar-refractivity contribution in [2.45, 2.75) is 37.5 Å². The normalized spacial score (nSPS) is 30.9. The fourth-order valence-corrected chi connectivity index (χ4v) is 5.40. The molecule has 17 heavy (non-hydrogen) atoms. The molecule has 2 aliphatic rings.